The Morgan fingerprint density at radius 3 is 2.10 bits per heavy atom. The normalized spacial score (nSPS) is 26.2. The van der Waals surface area contributed by atoms with Gasteiger partial charge in [0.15, 0.2) is 17.2 Å². The van der Waals surface area contributed by atoms with Gasteiger partial charge in [-0.1, -0.05) is 0 Å². The third kappa shape index (κ3) is 4.49. The number of ether oxygens (including phenoxy) is 3. The van der Waals surface area contributed by atoms with E-state index >= 15 is 0 Å². The van der Waals surface area contributed by atoms with Gasteiger partial charge in [0, 0.05) is 0 Å². The van der Waals surface area contributed by atoms with E-state index < -0.39 is 60.5 Å². The highest BCUT2D eigenvalue weighted by Gasteiger charge is 2.45. The quantitative estimate of drug-likeness (QED) is 0.243. The molecule has 1 fully saturated rings. The second-order valence-electron chi connectivity index (χ2n) is 6.59. The van der Waals surface area contributed by atoms with E-state index in [1.807, 2.05) is 0 Å². The number of aromatic hydroxyl groups is 4. The van der Waals surface area contributed by atoms with Crippen molar-refractivity contribution in [3.63, 3.8) is 0 Å². The summed E-state index contributed by atoms with van der Waals surface area (Å²) in [6.07, 6.45) is -7.61. The molecule has 0 bridgehead atoms. The Morgan fingerprint density at radius 2 is 1.50 bits per heavy atom. The molecule has 0 spiro atoms. The Morgan fingerprint density at radius 1 is 0.900 bits per heavy atom. The van der Waals surface area contributed by atoms with Crippen LogP contribution in [0.4, 0.5) is 0 Å². The van der Waals surface area contributed by atoms with Gasteiger partial charge in [-0.15, -0.1) is 0 Å². The van der Waals surface area contributed by atoms with Crippen molar-refractivity contribution in [2.75, 3.05) is 6.61 Å². The first-order valence-corrected chi connectivity index (χ1v) is 8.74. The van der Waals surface area contributed by atoms with E-state index in [0.29, 0.717) is 0 Å². The molecule has 5 atom stereocenters. The van der Waals surface area contributed by atoms with Crippen LogP contribution >= 0.6 is 0 Å². The Kier molecular flexibility index (Phi) is 6.17. The smallest absolute Gasteiger partial charge is 0.338 e. The number of aliphatic hydroxyl groups excluding tert-OH is 3. The van der Waals surface area contributed by atoms with Crippen molar-refractivity contribution in [1.82, 2.24) is 0 Å². The zero-order chi connectivity index (χ0) is 22.0. The van der Waals surface area contributed by atoms with Crippen LogP contribution in [-0.2, 0) is 9.47 Å². The minimum atomic E-state index is -1.67. The molecule has 1 aliphatic heterocycles. The zero-order valence-corrected chi connectivity index (χ0v) is 15.3. The summed E-state index contributed by atoms with van der Waals surface area (Å²) in [6.45, 7) is -0.568. The third-order valence-electron chi connectivity index (χ3n) is 4.44. The van der Waals surface area contributed by atoms with Gasteiger partial charge in [-0.3, -0.25) is 0 Å². The van der Waals surface area contributed by atoms with Crippen LogP contribution in [0.1, 0.15) is 10.4 Å². The van der Waals surface area contributed by atoms with Crippen molar-refractivity contribution in [3.05, 3.63) is 42.0 Å². The molecule has 11 nitrogen and oxygen atoms in total. The second-order valence-corrected chi connectivity index (χ2v) is 6.59. The fourth-order valence-corrected chi connectivity index (χ4v) is 2.77. The lowest BCUT2D eigenvalue weighted by molar-refractivity contribution is -0.277. The van der Waals surface area contributed by atoms with Crippen LogP contribution in [0, 0.1) is 0 Å². The minimum Gasteiger partial charge on any atom is -0.508 e. The molecule has 7 N–H and O–H groups in total. The predicted octanol–water partition coefficient (Wildman–Crippen LogP) is -0.448. The highest BCUT2D eigenvalue weighted by molar-refractivity contribution is 5.91. The topological polar surface area (TPSA) is 186 Å². The zero-order valence-electron chi connectivity index (χ0n) is 15.3. The van der Waals surface area contributed by atoms with E-state index in [1.54, 1.807) is 0 Å². The molecule has 11 heteroatoms. The molecule has 0 radical (unpaired) electrons. The van der Waals surface area contributed by atoms with Gasteiger partial charge in [0.25, 0.3) is 0 Å². The molecule has 30 heavy (non-hydrogen) atoms. The van der Waals surface area contributed by atoms with E-state index in [0.717, 1.165) is 12.1 Å². The number of hydrogen-bond donors (Lipinski definition) is 7. The summed E-state index contributed by atoms with van der Waals surface area (Å²) in [4.78, 5) is 12.1. The number of esters is 1. The van der Waals surface area contributed by atoms with E-state index in [1.165, 1.54) is 24.3 Å². The molecule has 0 amide bonds. The molecule has 162 valence electrons. The lowest BCUT2D eigenvalue weighted by atomic mass is 9.99. The maximum absolute atomic E-state index is 12.1. The fraction of sp³-hybridized carbons (Fsp3) is 0.316. The standard InChI is InChI=1S/C19H20O11/c20-9-1-3-10(4-2-9)29-19-17(26)16(25)15(24)13(30-19)7-28-18(27)8-5-11(21)14(23)12(22)6-8/h1-6,13,15-17,19-26H,7H2. The summed E-state index contributed by atoms with van der Waals surface area (Å²) in [5.74, 6) is -3.12. The molecule has 1 aliphatic rings. The van der Waals surface area contributed by atoms with Crippen LogP contribution in [0.2, 0.25) is 0 Å². The summed E-state index contributed by atoms with van der Waals surface area (Å²) in [5.41, 5.74) is -0.287. The molecule has 1 saturated heterocycles. The van der Waals surface area contributed by atoms with Crippen molar-refractivity contribution >= 4 is 5.97 Å². The number of hydrogen-bond acceptors (Lipinski definition) is 11. The highest BCUT2D eigenvalue weighted by Crippen LogP contribution is 2.35. The SMILES string of the molecule is O=C(OCC1OC(Oc2ccc(O)cc2)C(O)C(O)C1O)c1cc(O)c(O)c(O)c1. The first-order chi connectivity index (χ1) is 14.2. The van der Waals surface area contributed by atoms with Crippen LogP contribution in [0.15, 0.2) is 36.4 Å². The molecule has 3 rings (SSSR count). The Balaban J connectivity index is 1.67. The molecule has 1 heterocycles. The minimum absolute atomic E-state index is 0.0148. The van der Waals surface area contributed by atoms with E-state index in [9.17, 15) is 40.5 Å². The van der Waals surface area contributed by atoms with Gasteiger partial charge in [-0.05, 0) is 36.4 Å². The Hall–Kier alpha value is -3.25. The maximum atomic E-state index is 12.1. The third-order valence-corrected chi connectivity index (χ3v) is 4.44. The number of carbonyl (C=O) groups is 1. The molecular formula is C19H20O11. The first kappa shape index (κ1) is 21.5. The summed E-state index contributed by atoms with van der Waals surface area (Å²) in [6, 6.07) is 7.17. The lowest BCUT2D eigenvalue weighted by Crippen LogP contribution is -2.60. The Labute approximate surface area is 169 Å². The largest absolute Gasteiger partial charge is 0.508 e. The number of rotatable bonds is 5. The van der Waals surface area contributed by atoms with Gasteiger partial charge in [0.2, 0.25) is 6.29 Å². The highest BCUT2D eigenvalue weighted by atomic mass is 16.7. The number of phenolic OH excluding ortho intramolecular Hbond substituents is 4. The Bertz CT molecular complexity index is 875. The molecule has 5 unspecified atom stereocenters. The van der Waals surface area contributed by atoms with Gasteiger partial charge >= 0.3 is 5.97 Å². The van der Waals surface area contributed by atoms with Crippen molar-refractivity contribution in [1.29, 1.82) is 0 Å². The number of carbonyl (C=O) groups excluding carboxylic acids is 1. The number of phenols is 4. The van der Waals surface area contributed by atoms with Crippen LogP contribution < -0.4 is 4.74 Å². The average molecular weight is 424 g/mol. The fourth-order valence-electron chi connectivity index (χ4n) is 2.77. The molecule has 0 aliphatic carbocycles. The average Bonchev–Trinajstić information content (AvgIpc) is 2.72. The maximum Gasteiger partial charge on any atom is 0.338 e. The summed E-state index contributed by atoms with van der Waals surface area (Å²) < 4.78 is 15.8. The van der Waals surface area contributed by atoms with Crippen LogP contribution in [0.25, 0.3) is 0 Å². The molecule has 2 aromatic carbocycles. The second kappa shape index (κ2) is 8.63. The van der Waals surface area contributed by atoms with Crippen molar-refractivity contribution in [2.24, 2.45) is 0 Å². The molecule has 0 aromatic heterocycles. The summed E-state index contributed by atoms with van der Waals surface area (Å²) >= 11 is 0. The number of aliphatic hydroxyl groups is 3. The van der Waals surface area contributed by atoms with Gasteiger partial charge < -0.3 is 50.0 Å². The lowest BCUT2D eigenvalue weighted by Gasteiger charge is -2.39. The monoisotopic (exact) mass is 424 g/mol. The van der Waals surface area contributed by atoms with Gasteiger partial charge in [0.05, 0.1) is 5.56 Å². The predicted molar refractivity (Wildman–Crippen MR) is 97.1 cm³/mol. The first-order valence-electron chi connectivity index (χ1n) is 8.74. The summed E-state index contributed by atoms with van der Waals surface area (Å²) in [5, 5.41) is 67.8. The van der Waals surface area contributed by atoms with Crippen LogP contribution in [0.5, 0.6) is 28.7 Å². The summed E-state index contributed by atoms with van der Waals surface area (Å²) in [7, 11) is 0. The van der Waals surface area contributed by atoms with E-state index in [-0.39, 0.29) is 17.1 Å². The molecule has 2 aromatic rings. The molecular weight excluding hydrogens is 404 g/mol. The van der Waals surface area contributed by atoms with Gasteiger partial charge in [0.1, 0.15) is 42.5 Å². The van der Waals surface area contributed by atoms with Gasteiger partial charge in [-0.25, -0.2) is 4.79 Å². The van der Waals surface area contributed by atoms with Crippen LogP contribution in [0.3, 0.4) is 0 Å². The van der Waals surface area contributed by atoms with Gasteiger partial charge in [-0.2, -0.15) is 0 Å². The number of benzene rings is 2. The van der Waals surface area contributed by atoms with Crippen molar-refractivity contribution in [2.45, 2.75) is 30.7 Å². The van der Waals surface area contributed by atoms with E-state index in [4.69, 9.17) is 14.2 Å². The van der Waals surface area contributed by atoms with Crippen LogP contribution in [-0.4, -0.2) is 79.0 Å². The van der Waals surface area contributed by atoms with Crippen molar-refractivity contribution < 1.29 is 54.8 Å². The molecule has 0 saturated carbocycles. The van der Waals surface area contributed by atoms with Crippen molar-refractivity contribution in [3.8, 4) is 28.7 Å². The van der Waals surface area contributed by atoms with E-state index in [2.05, 4.69) is 0 Å².